The fourth-order valence-corrected chi connectivity index (χ4v) is 7.10. The zero-order chi connectivity index (χ0) is 26.4. The van der Waals surface area contributed by atoms with Crippen molar-refractivity contribution in [3.63, 3.8) is 0 Å². The Balaban J connectivity index is 1.61. The Labute approximate surface area is 232 Å². The van der Waals surface area contributed by atoms with E-state index in [0.717, 1.165) is 31.7 Å². The van der Waals surface area contributed by atoms with Crippen molar-refractivity contribution in [3.8, 4) is 5.75 Å². The van der Waals surface area contributed by atoms with Crippen molar-refractivity contribution in [2.75, 3.05) is 18.6 Å². The van der Waals surface area contributed by atoms with Gasteiger partial charge in [-0.3, -0.25) is 4.79 Å². The molecule has 2 heterocycles. The van der Waals surface area contributed by atoms with Crippen LogP contribution in [0.4, 0.5) is 5.69 Å². The highest BCUT2D eigenvalue weighted by Gasteiger charge is 2.65. The van der Waals surface area contributed by atoms with Crippen LogP contribution in [0.5, 0.6) is 5.75 Å². The smallest absolute Gasteiger partial charge is 0.264 e. The molecule has 1 amide bonds. The van der Waals surface area contributed by atoms with Crippen molar-refractivity contribution >= 4 is 34.2 Å². The highest BCUT2D eigenvalue weighted by Crippen LogP contribution is 2.60. The Hall–Kier alpha value is -2.42. The summed E-state index contributed by atoms with van der Waals surface area (Å²) in [6.07, 6.45) is 0.199. The van der Waals surface area contributed by atoms with Gasteiger partial charge in [-0.1, -0.05) is 63.2 Å². The van der Waals surface area contributed by atoms with E-state index in [4.69, 9.17) is 9.47 Å². The summed E-state index contributed by atoms with van der Waals surface area (Å²) in [5.74, 6) is 0.673. The van der Waals surface area contributed by atoms with Crippen molar-refractivity contribution < 1.29 is 19.4 Å². The number of anilines is 1. The first-order chi connectivity index (χ1) is 17.7. The molecule has 0 aromatic heterocycles. The maximum absolute atomic E-state index is 14.5. The Morgan fingerprint density at radius 2 is 1.78 bits per heavy atom. The quantitative estimate of drug-likeness (QED) is 0.331. The summed E-state index contributed by atoms with van der Waals surface area (Å²) in [5, 5.41) is 10.0. The molecule has 37 heavy (non-hydrogen) atoms. The van der Waals surface area contributed by atoms with Gasteiger partial charge in [0.25, 0.3) is 5.91 Å². The van der Waals surface area contributed by atoms with Crippen LogP contribution in [0.1, 0.15) is 43.9 Å². The van der Waals surface area contributed by atoms with Gasteiger partial charge in [0.1, 0.15) is 5.75 Å². The summed E-state index contributed by atoms with van der Waals surface area (Å²) < 4.78 is 13.4. The maximum atomic E-state index is 14.5. The lowest BCUT2D eigenvalue weighted by Gasteiger charge is -2.38. The molecule has 1 N–H and O–H groups in total. The van der Waals surface area contributed by atoms with Crippen LogP contribution >= 0.6 is 22.6 Å². The molecular formula is C31H34INO4. The summed E-state index contributed by atoms with van der Waals surface area (Å²) in [7, 11) is 1.67. The van der Waals surface area contributed by atoms with E-state index in [0.29, 0.717) is 13.0 Å². The second-order valence-electron chi connectivity index (χ2n) is 10.7. The van der Waals surface area contributed by atoms with E-state index < -0.39 is 5.60 Å². The first-order valence-electron chi connectivity index (χ1n) is 12.8. The fourth-order valence-electron chi connectivity index (χ4n) is 6.61. The van der Waals surface area contributed by atoms with Crippen LogP contribution in [0.2, 0.25) is 0 Å². The summed E-state index contributed by atoms with van der Waals surface area (Å²) >= 11 is 2.31. The lowest BCUT2D eigenvalue weighted by atomic mass is 9.63. The standard InChI is InChI=1S/C31H34INO4/c1-20-28(30(2,3)22-10-13-24(36-4)14-11-22)27(16-17-34)37-31(20)25-18-23(32)12-15-26(25)33(29(31)35)19-21-8-6-5-7-9-21/h5-15,18,20,27-28,34H,16-17,19H2,1-4H3/t20-,27+,28-,31+/m0/s1. The molecule has 1 fully saturated rings. The van der Waals surface area contributed by atoms with Crippen molar-refractivity contribution in [3.05, 3.63) is 93.1 Å². The number of ether oxygens (including phenoxy) is 2. The Bertz CT molecular complexity index is 1280. The van der Waals surface area contributed by atoms with Crippen molar-refractivity contribution in [1.82, 2.24) is 0 Å². The monoisotopic (exact) mass is 611 g/mol. The molecule has 6 heteroatoms. The average Bonchev–Trinajstić information content (AvgIpc) is 3.32. The van der Waals surface area contributed by atoms with Crippen molar-refractivity contribution in [1.29, 1.82) is 0 Å². The van der Waals surface area contributed by atoms with Crippen LogP contribution in [-0.2, 0) is 27.1 Å². The molecule has 2 aliphatic heterocycles. The third-order valence-corrected chi connectivity index (χ3v) is 9.07. The number of methoxy groups -OCH3 is 1. The average molecular weight is 612 g/mol. The summed E-state index contributed by atoms with van der Waals surface area (Å²) in [6.45, 7) is 7.09. The van der Waals surface area contributed by atoms with E-state index in [1.165, 1.54) is 0 Å². The molecule has 5 rings (SSSR count). The minimum atomic E-state index is -1.10. The molecule has 1 saturated heterocycles. The van der Waals surface area contributed by atoms with Gasteiger partial charge in [0.05, 0.1) is 25.4 Å². The summed E-state index contributed by atoms with van der Waals surface area (Å²) in [4.78, 5) is 16.4. The topological polar surface area (TPSA) is 59.0 Å². The maximum Gasteiger partial charge on any atom is 0.264 e. The van der Waals surface area contributed by atoms with E-state index in [1.807, 2.05) is 59.5 Å². The third kappa shape index (κ3) is 4.27. The Morgan fingerprint density at radius 3 is 2.43 bits per heavy atom. The van der Waals surface area contributed by atoms with E-state index in [9.17, 15) is 9.90 Å². The van der Waals surface area contributed by atoms with Gasteiger partial charge >= 0.3 is 0 Å². The zero-order valence-corrected chi connectivity index (χ0v) is 23.9. The third-order valence-electron chi connectivity index (χ3n) is 8.39. The van der Waals surface area contributed by atoms with Gasteiger partial charge < -0.3 is 19.5 Å². The van der Waals surface area contributed by atoms with Gasteiger partial charge in [-0.15, -0.1) is 0 Å². The van der Waals surface area contributed by atoms with Gasteiger partial charge in [-0.05, 0) is 75.9 Å². The van der Waals surface area contributed by atoms with Crippen LogP contribution < -0.4 is 9.64 Å². The van der Waals surface area contributed by atoms with E-state index in [1.54, 1.807) is 7.11 Å². The highest BCUT2D eigenvalue weighted by atomic mass is 127. The predicted molar refractivity (Wildman–Crippen MR) is 154 cm³/mol. The number of rotatable bonds is 7. The number of amides is 1. The van der Waals surface area contributed by atoms with Crippen molar-refractivity contribution in [2.45, 2.75) is 50.9 Å². The number of nitrogens with zero attached hydrogens (tertiary/aromatic N) is 1. The van der Waals surface area contributed by atoms with E-state index >= 15 is 0 Å². The molecule has 0 bridgehead atoms. The number of aliphatic hydroxyl groups excluding tert-OH is 1. The number of benzene rings is 3. The van der Waals surface area contributed by atoms with Gasteiger partial charge in [0, 0.05) is 27.6 Å². The molecule has 4 atom stereocenters. The van der Waals surface area contributed by atoms with Crippen LogP contribution in [-0.4, -0.2) is 30.8 Å². The number of aliphatic hydroxyl groups is 1. The SMILES string of the molecule is COc1ccc(C(C)(C)[C@@H]2[C@@H](CCO)O[C@]3(C(=O)N(Cc4ccccc4)c4ccc(I)cc43)[C@H]2C)cc1. The van der Waals surface area contributed by atoms with Crippen LogP contribution in [0.15, 0.2) is 72.8 Å². The molecule has 0 radical (unpaired) electrons. The van der Waals surface area contributed by atoms with E-state index in [2.05, 4.69) is 61.6 Å². The van der Waals surface area contributed by atoms with Crippen molar-refractivity contribution in [2.24, 2.45) is 11.8 Å². The minimum absolute atomic E-state index is 0.000567. The van der Waals surface area contributed by atoms with Crippen LogP contribution in [0, 0.1) is 15.4 Å². The predicted octanol–water partition coefficient (Wildman–Crippen LogP) is 6.05. The molecule has 3 aromatic carbocycles. The molecule has 2 aliphatic rings. The van der Waals surface area contributed by atoms with Crippen LogP contribution in [0.25, 0.3) is 0 Å². The minimum Gasteiger partial charge on any atom is -0.497 e. The second-order valence-corrected chi connectivity index (χ2v) is 12.0. The van der Waals surface area contributed by atoms with Crippen LogP contribution in [0.3, 0.4) is 0 Å². The molecule has 5 nitrogen and oxygen atoms in total. The van der Waals surface area contributed by atoms with E-state index in [-0.39, 0.29) is 35.9 Å². The number of carbonyl (C=O) groups is 1. The largest absolute Gasteiger partial charge is 0.497 e. The van der Waals surface area contributed by atoms with Gasteiger partial charge in [-0.2, -0.15) is 0 Å². The lowest BCUT2D eigenvalue weighted by Crippen LogP contribution is -2.45. The van der Waals surface area contributed by atoms with Gasteiger partial charge in [-0.25, -0.2) is 0 Å². The molecule has 194 valence electrons. The first-order valence-corrected chi connectivity index (χ1v) is 13.9. The molecule has 1 spiro atoms. The second kappa shape index (κ2) is 10.0. The molecule has 3 aromatic rings. The molecule has 0 aliphatic carbocycles. The number of halogens is 1. The fraction of sp³-hybridized carbons (Fsp3) is 0.387. The number of hydrogen-bond acceptors (Lipinski definition) is 4. The number of hydrogen-bond donors (Lipinski definition) is 1. The zero-order valence-electron chi connectivity index (χ0n) is 21.8. The van der Waals surface area contributed by atoms with Gasteiger partial charge in [0.15, 0.2) is 5.60 Å². The number of carbonyl (C=O) groups excluding carboxylic acids is 1. The normalized spacial score (nSPS) is 25.1. The highest BCUT2D eigenvalue weighted by molar-refractivity contribution is 14.1. The molecular weight excluding hydrogens is 577 g/mol. The van der Waals surface area contributed by atoms with Gasteiger partial charge in [0.2, 0.25) is 0 Å². The Kier molecular flexibility index (Phi) is 7.11. The summed E-state index contributed by atoms with van der Waals surface area (Å²) in [6, 6.07) is 24.4. The Morgan fingerprint density at radius 1 is 1.08 bits per heavy atom. The lowest BCUT2D eigenvalue weighted by molar-refractivity contribution is -0.146. The molecule has 0 unspecified atom stereocenters. The molecule has 0 saturated carbocycles. The first kappa shape index (κ1) is 26.2. The number of fused-ring (bicyclic) bond motifs is 2. The summed E-state index contributed by atoms with van der Waals surface area (Å²) in [5.41, 5.74) is 2.66.